The summed E-state index contributed by atoms with van der Waals surface area (Å²) in [5, 5.41) is 2.39. The van der Waals surface area contributed by atoms with Gasteiger partial charge in [0.15, 0.2) is 5.16 Å². The largest absolute Gasteiger partial charge is 0.367 e. The van der Waals surface area contributed by atoms with E-state index in [9.17, 15) is 9.18 Å². The molecular formula is C24H21ClFN5OS. The maximum Gasteiger partial charge on any atom is 0.272 e. The molecule has 6 nitrogen and oxygen atoms in total. The smallest absolute Gasteiger partial charge is 0.272 e. The molecule has 0 bridgehead atoms. The van der Waals surface area contributed by atoms with Crippen LogP contribution >= 0.6 is 23.4 Å². The Balaban J connectivity index is 1.37. The molecule has 0 N–H and O–H groups in total. The molecule has 0 spiro atoms. The average molecular weight is 482 g/mol. The van der Waals surface area contributed by atoms with Crippen molar-refractivity contribution in [1.82, 2.24) is 19.4 Å². The molecule has 0 radical (unpaired) electrons. The van der Waals surface area contributed by atoms with Crippen molar-refractivity contribution in [3.8, 4) is 5.69 Å². The third kappa shape index (κ3) is 4.16. The van der Waals surface area contributed by atoms with E-state index in [4.69, 9.17) is 11.6 Å². The van der Waals surface area contributed by atoms with Crippen molar-refractivity contribution in [2.75, 3.05) is 37.3 Å². The zero-order chi connectivity index (χ0) is 22.9. The van der Waals surface area contributed by atoms with Crippen molar-refractivity contribution in [2.45, 2.75) is 5.16 Å². The van der Waals surface area contributed by atoms with Gasteiger partial charge in [0.2, 0.25) is 0 Å². The SMILES string of the molecule is CSc1ncc(C(=O)N2CCN(c3ccnc4cc(Cl)ccc34)CC2)n1-c1ccc(F)cc1. The number of imidazole rings is 1. The molecular weight excluding hydrogens is 461 g/mol. The number of hydrogen-bond donors (Lipinski definition) is 0. The number of pyridine rings is 1. The summed E-state index contributed by atoms with van der Waals surface area (Å²) in [6, 6.07) is 13.8. The maximum atomic E-state index is 13.4. The van der Waals surface area contributed by atoms with Crippen molar-refractivity contribution >= 4 is 45.9 Å². The number of nitrogens with zero attached hydrogens (tertiary/aromatic N) is 5. The highest BCUT2D eigenvalue weighted by Gasteiger charge is 2.27. The lowest BCUT2D eigenvalue weighted by Gasteiger charge is -2.36. The van der Waals surface area contributed by atoms with Crippen LogP contribution in [0.3, 0.4) is 0 Å². The Kier molecular flexibility index (Phi) is 5.95. The highest BCUT2D eigenvalue weighted by atomic mass is 35.5. The predicted molar refractivity (Wildman–Crippen MR) is 130 cm³/mol. The molecule has 0 atom stereocenters. The lowest BCUT2D eigenvalue weighted by atomic mass is 10.1. The molecule has 2 aromatic heterocycles. The van der Waals surface area contributed by atoms with Gasteiger partial charge in [-0.15, -0.1) is 0 Å². The summed E-state index contributed by atoms with van der Waals surface area (Å²) in [6.07, 6.45) is 5.29. The third-order valence-corrected chi connectivity index (χ3v) is 6.69. The van der Waals surface area contributed by atoms with Crippen LogP contribution in [0.5, 0.6) is 0 Å². The van der Waals surface area contributed by atoms with Crippen LogP contribution in [0.4, 0.5) is 10.1 Å². The number of amides is 1. The summed E-state index contributed by atoms with van der Waals surface area (Å²) in [5.41, 5.74) is 3.13. The van der Waals surface area contributed by atoms with Gasteiger partial charge in [0.05, 0.1) is 11.7 Å². The van der Waals surface area contributed by atoms with Crippen LogP contribution in [-0.2, 0) is 0 Å². The Morgan fingerprint density at radius 2 is 1.79 bits per heavy atom. The van der Waals surface area contributed by atoms with Gasteiger partial charge in [-0.25, -0.2) is 9.37 Å². The van der Waals surface area contributed by atoms with Crippen molar-refractivity contribution < 1.29 is 9.18 Å². The van der Waals surface area contributed by atoms with Crippen LogP contribution in [0.15, 0.2) is 66.1 Å². The molecule has 33 heavy (non-hydrogen) atoms. The van der Waals surface area contributed by atoms with E-state index in [0.717, 1.165) is 16.6 Å². The van der Waals surface area contributed by atoms with Gasteiger partial charge in [0, 0.05) is 54.2 Å². The number of piperazine rings is 1. The van der Waals surface area contributed by atoms with Crippen LogP contribution in [0, 0.1) is 5.82 Å². The van der Waals surface area contributed by atoms with E-state index >= 15 is 0 Å². The van der Waals surface area contributed by atoms with Crippen molar-refractivity contribution in [3.63, 3.8) is 0 Å². The number of carbonyl (C=O) groups excluding carboxylic acids is 1. The van der Waals surface area contributed by atoms with Crippen molar-refractivity contribution in [3.05, 3.63) is 77.5 Å². The molecule has 2 aromatic carbocycles. The summed E-state index contributed by atoms with van der Waals surface area (Å²) >= 11 is 7.56. The molecule has 1 aliphatic rings. The van der Waals surface area contributed by atoms with E-state index in [1.807, 2.05) is 35.4 Å². The van der Waals surface area contributed by atoms with E-state index in [-0.39, 0.29) is 11.7 Å². The first kappa shape index (κ1) is 21.7. The number of thioether (sulfide) groups is 1. The number of hydrogen-bond acceptors (Lipinski definition) is 5. The van der Waals surface area contributed by atoms with Crippen LogP contribution < -0.4 is 4.90 Å². The molecule has 0 unspecified atom stereocenters. The molecule has 1 saturated heterocycles. The number of aromatic nitrogens is 3. The minimum absolute atomic E-state index is 0.0851. The highest BCUT2D eigenvalue weighted by molar-refractivity contribution is 7.98. The second-order valence-corrected chi connectivity index (χ2v) is 8.92. The second kappa shape index (κ2) is 9.03. The van der Waals surface area contributed by atoms with Crippen LogP contribution in [0.1, 0.15) is 10.5 Å². The molecule has 4 aromatic rings. The van der Waals surface area contributed by atoms with Gasteiger partial charge >= 0.3 is 0 Å². The number of carbonyl (C=O) groups is 1. The first-order valence-corrected chi connectivity index (χ1v) is 12.1. The summed E-state index contributed by atoms with van der Waals surface area (Å²) in [6.45, 7) is 2.57. The Labute approximate surface area is 200 Å². The molecule has 1 aliphatic heterocycles. The summed E-state index contributed by atoms with van der Waals surface area (Å²) in [4.78, 5) is 26.4. The summed E-state index contributed by atoms with van der Waals surface area (Å²) in [7, 11) is 0. The fraction of sp³-hybridized carbons (Fsp3) is 0.208. The fourth-order valence-electron chi connectivity index (χ4n) is 4.16. The Morgan fingerprint density at radius 3 is 2.52 bits per heavy atom. The molecule has 0 aliphatic carbocycles. The summed E-state index contributed by atoms with van der Waals surface area (Å²) in [5.74, 6) is -0.405. The minimum atomic E-state index is -0.320. The Morgan fingerprint density at radius 1 is 1.03 bits per heavy atom. The number of fused-ring (bicyclic) bond motifs is 1. The first-order valence-electron chi connectivity index (χ1n) is 10.5. The topological polar surface area (TPSA) is 54.3 Å². The quantitative estimate of drug-likeness (QED) is 0.388. The number of halogens is 2. The van der Waals surface area contributed by atoms with Crippen LogP contribution in [-0.4, -0.2) is 57.8 Å². The zero-order valence-corrected chi connectivity index (χ0v) is 19.5. The summed E-state index contributed by atoms with van der Waals surface area (Å²) < 4.78 is 15.2. The van der Waals surface area contributed by atoms with Crippen molar-refractivity contribution in [1.29, 1.82) is 0 Å². The van der Waals surface area contributed by atoms with Gasteiger partial charge in [-0.2, -0.15) is 0 Å². The third-order valence-electron chi connectivity index (χ3n) is 5.81. The molecule has 0 saturated carbocycles. The number of anilines is 1. The van der Waals surface area contributed by atoms with Gasteiger partial charge in [-0.3, -0.25) is 14.3 Å². The Hall–Kier alpha value is -3.10. The van der Waals surface area contributed by atoms with Crippen molar-refractivity contribution in [2.24, 2.45) is 0 Å². The van der Waals surface area contributed by atoms with Gasteiger partial charge in [0.25, 0.3) is 5.91 Å². The second-order valence-electron chi connectivity index (χ2n) is 7.71. The van der Waals surface area contributed by atoms with Gasteiger partial charge < -0.3 is 9.80 Å². The molecule has 9 heteroatoms. The lowest BCUT2D eigenvalue weighted by Crippen LogP contribution is -2.49. The monoisotopic (exact) mass is 481 g/mol. The Bertz CT molecular complexity index is 1320. The van der Waals surface area contributed by atoms with E-state index in [1.54, 1.807) is 29.1 Å². The van der Waals surface area contributed by atoms with Gasteiger partial charge in [0.1, 0.15) is 11.5 Å². The predicted octanol–water partition coefficient (Wildman–Crippen LogP) is 4.90. The molecule has 168 valence electrons. The molecule has 5 rings (SSSR count). The van der Waals surface area contributed by atoms with Crippen LogP contribution in [0.2, 0.25) is 5.02 Å². The van der Waals surface area contributed by atoms with E-state index in [0.29, 0.717) is 47.7 Å². The zero-order valence-electron chi connectivity index (χ0n) is 17.9. The van der Waals surface area contributed by atoms with E-state index in [1.165, 1.54) is 23.9 Å². The molecule has 1 amide bonds. The van der Waals surface area contributed by atoms with E-state index < -0.39 is 0 Å². The number of rotatable bonds is 4. The standard InChI is InChI=1S/C24H21ClFN5OS/c1-33-24-28-15-22(31(24)18-5-3-17(26)4-6-18)23(32)30-12-10-29(11-13-30)21-8-9-27-20-14-16(25)2-7-19(20)21/h2-9,14-15H,10-13H2,1H3. The normalized spacial score (nSPS) is 14.2. The van der Waals surface area contributed by atoms with Gasteiger partial charge in [-0.1, -0.05) is 23.4 Å². The fourth-order valence-corrected chi connectivity index (χ4v) is 4.87. The first-order chi connectivity index (χ1) is 16.0. The maximum absolute atomic E-state index is 13.4. The molecule has 1 fully saturated rings. The average Bonchev–Trinajstić information content (AvgIpc) is 3.28. The number of benzene rings is 2. The molecule has 3 heterocycles. The highest BCUT2D eigenvalue weighted by Crippen LogP contribution is 2.29. The van der Waals surface area contributed by atoms with Crippen LogP contribution in [0.25, 0.3) is 16.6 Å². The van der Waals surface area contributed by atoms with E-state index in [2.05, 4.69) is 14.9 Å². The van der Waals surface area contributed by atoms with Gasteiger partial charge in [-0.05, 0) is 54.8 Å². The lowest BCUT2D eigenvalue weighted by molar-refractivity contribution is 0.0738. The minimum Gasteiger partial charge on any atom is -0.367 e.